The van der Waals surface area contributed by atoms with Gasteiger partial charge in [-0.25, -0.2) is 0 Å². The number of nitrogens with one attached hydrogen (secondary N) is 1. The van der Waals surface area contributed by atoms with E-state index in [-0.39, 0.29) is 0 Å². The zero-order chi connectivity index (χ0) is 16.8. The molecule has 0 unspecified atom stereocenters. The molecule has 1 N–H and O–H groups in total. The molecule has 0 spiro atoms. The van der Waals surface area contributed by atoms with Gasteiger partial charge in [-0.15, -0.1) is 0 Å². The van der Waals surface area contributed by atoms with Crippen molar-refractivity contribution < 1.29 is 23.7 Å². The summed E-state index contributed by atoms with van der Waals surface area (Å²) >= 11 is 0. The summed E-state index contributed by atoms with van der Waals surface area (Å²) < 4.78 is 16.6. The Morgan fingerprint density at radius 1 is 1.08 bits per heavy atom. The van der Waals surface area contributed by atoms with Crippen molar-refractivity contribution in [3.05, 3.63) is 42.1 Å². The predicted molar refractivity (Wildman–Crippen MR) is 87.5 cm³/mol. The number of benzene rings is 2. The average molecular weight is 338 g/mol. The summed E-state index contributed by atoms with van der Waals surface area (Å²) in [5.41, 5.74) is 6.21. The molecule has 0 fully saturated rings. The Kier molecular flexibility index (Phi) is 3.07. The van der Waals surface area contributed by atoms with Crippen LogP contribution in [0.4, 0.5) is 0 Å². The number of hydrogen-bond acceptors (Lipinski definition) is 7. The van der Waals surface area contributed by atoms with Crippen LogP contribution in [0.5, 0.6) is 23.0 Å². The highest BCUT2D eigenvalue weighted by molar-refractivity contribution is 5.82. The second-order valence-corrected chi connectivity index (χ2v) is 5.78. The van der Waals surface area contributed by atoms with Crippen molar-refractivity contribution in [3.63, 3.8) is 0 Å². The van der Waals surface area contributed by atoms with Crippen LogP contribution in [0.2, 0.25) is 0 Å². The lowest BCUT2D eigenvalue weighted by Gasteiger charge is -2.07. The van der Waals surface area contributed by atoms with Crippen LogP contribution in [-0.2, 0) is 6.42 Å². The van der Waals surface area contributed by atoms with Crippen molar-refractivity contribution in [2.75, 3.05) is 13.7 Å². The molecule has 0 atom stereocenters. The van der Waals surface area contributed by atoms with E-state index in [1.807, 2.05) is 18.2 Å². The Labute approximate surface area is 143 Å². The number of rotatable bonds is 3. The van der Waals surface area contributed by atoms with Gasteiger partial charge in [-0.3, -0.25) is 0 Å². The lowest BCUT2D eigenvalue weighted by Crippen LogP contribution is -2.14. The molecule has 7 heteroatoms. The van der Waals surface area contributed by atoms with Crippen molar-refractivity contribution in [2.45, 2.75) is 6.42 Å². The molecule has 0 bridgehead atoms. The normalized spacial score (nSPS) is 14.3. The molecule has 0 amide bonds. The summed E-state index contributed by atoms with van der Waals surface area (Å²) in [6.45, 7) is 0.724. The molecule has 0 saturated carbocycles. The minimum absolute atomic E-state index is 0.498. The van der Waals surface area contributed by atoms with Crippen LogP contribution in [0.25, 0.3) is 22.5 Å². The van der Waals surface area contributed by atoms with Crippen LogP contribution in [-0.4, -0.2) is 18.9 Å². The van der Waals surface area contributed by atoms with E-state index in [9.17, 15) is 0 Å². The highest BCUT2D eigenvalue weighted by Gasteiger charge is 2.24. The van der Waals surface area contributed by atoms with E-state index in [1.165, 1.54) is 5.56 Å². The number of hydrogen-bond donors (Lipinski definition) is 1. The minimum Gasteiger partial charge on any atom is -0.493 e. The summed E-state index contributed by atoms with van der Waals surface area (Å²) in [5.74, 6) is 3.09. The molecule has 3 aromatic rings. The van der Waals surface area contributed by atoms with Crippen molar-refractivity contribution >= 4 is 0 Å². The van der Waals surface area contributed by atoms with Crippen LogP contribution in [0.15, 0.2) is 41.1 Å². The minimum atomic E-state index is 0.498. The van der Waals surface area contributed by atoms with Gasteiger partial charge < -0.3 is 23.7 Å². The zero-order valence-corrected chi connectivity index (χ0v) is 13.4. The van der Waals surface area contributed by atoms with Gasteiger partial charge >= 0.3 is 0 Å². The van der Waals surface area contributed by atoms with Crippen molar-refractivity contribution in [3.8, 4) is 45.4 Å². The largest absolute Gasteiger partial charge is 0.493 e. The molecular weight excluding hydrogens is 324 g/mol. The Balaban J connectivity index is 1.62. The van der Waals surface area contributed by atoms with Crippen LogP contribution < -0.4 is 24.8 Å². The molecule has 7 nitrogen and oxygen atoms in total. The second-order valence-electron chi connectivity index (χ2n) is 5.78. The first-order valence-electron chi connectivity index (χ1n) is 7.85. The Bertz CT molecular complexity index is 966. The maximum absolute atomic E-state index is 5.66. The first-order chi connectivity index (χ1) is 12.3. The molecule has 2 aromatic carbocycles. The van der Waals surface area contributed by atoms with E-state index >= 15 is 0 Å². The van der Waals surface area contributed by atoms with Crippen LogP contribution in [0.3, 0.4) is 0 Å². The Morgan fingerprint density at radius 3 is 2.92 bits per heavy atom. The second kappa shape index (κ2) is 5.42. The molecule has 0 radical (unpaired) electrons. The fraction of sp³-hybridized carbons (Fsp3) is 0.167. The van der Waals surface area contributed by atoms with Gasteiger partial charge in [-0.1, -0.05) is 17.3 Å². The molecular formula is C18H14N2O5. The molecule has 126 valence electrons. The van der Waals surface area contributed by atoms with E-state index < -0.39 is 0 Å². The number of aromatic nitrogens is 1. The quantitative estimate of drug-likeness (QED) is 0.786. The maximum Gasteiger partial charge on any atom is 0.237 e. The molecule has 0 saturated heterocycles. The lowest BCUT2D eigenvalue weighted by molar-refractivity contribution is 0.0248. The summed E-state index contributed by atoms with van der Waals surface area (Å²) in [5, 5.41) is 3.97. The molecule has 25 heavy (non-hydrogen) atoms. The smallest absolute Gasteiger partial charge is 0.237 e. The number of ether oxygens (including phenoxy) is 2. The van der Waals surface area contributed by atoms with Crippen molar-refractivity contribution in [2.24, 2.45) is 0 Å². The monoisotopic (exact) mass is 338 g/mol. The maximum atomic E-state index is 5.66. The fourth-order valence-electron chi connectivity index (χ4n) is 3.13. The van der Waals surface area contributed by atoms with Gasteiger partial charge in [0.15, 0.2) is 11.5 Å². The molecule has 1 aromatic heterocycles. The Hall–Kier alpha value is -3.19. The molecule has 2 aliphatic rings. The van der Waals surface area contributed by atoms with Crippen LogP contribution >= 0.6 is 0 Å². The van der Waals surface area contributed by atoms with Crippen molar-refractivity contribution in [1.29, 1.82) is 0 Å². The van der Waals surface area contributed by atoms with Crippen LogP contribution in [0, 0.1) is 0 Å². The van der Waals surface area contributed by atoms with E-state index in [4.69, 9.17) is 23.7 Å². The zero-order valence-electron chi connectivity index (χ0n) is 13.4. The SMILES string of the molecule is COc1cc(-c2oncc2-c2ccc3c(c2)OCC3)cc2c1ONO2. The van der Waals surface area contributed by atoms with Crippen molar-refractivity contribution in [1.82, 2.24) is 10.8 Å². The first kappa shape index (κ1) is 14.2. The summed E-state index contributed by atoms with van der Waals surface area (Å²) in [7, 11) is 1.57. The summed E-state index contributed by atoms with van der Waals surface area (Å²) in [4.78, 5) is 10.4. The van der Waals surface area contributed by atoms with Gasteiger partial charge in [0.2, 0.25) is 11.5 Å². The molecule has 0 aliphatic carbocycles. The van der Waals surface area contributed by atoms with E-state index in [2.05, 4.69) is 22.9 Å². The number of fused-ring (bicyclic) bond motifs is 2. The first-order valence-corrected chi connectivity index (χ1v) is 7.85. The Morgan fingerprint density at radius 2 is 2.00 bits per heavy atom. The van der Waals surface area contributed by atoms with E-state index in [0.717, 1.165) is 35.5 Å². The molecule has 3 heterocycles. The average Bonchev–Trinajstić information content (AvgIpc) is 3.38. The summed E-state index contributed by atoms with van der Waals surface area (Å²) in [6.07, 6.45) is 2.64. The standard InChI is InChI=1S/C18H14N2O5/c1-21-15-7-12(8-16-18(15)25-20-23-16)17-13(9-19-24-17)11-3-2-10-4-5-22-14(10)6-11/h2-3,6-9,20H,4-5H2,1H3. The number of methoxy groups -OCH3 is 1. The van der Waals surface area contributed by atoms with Gasteiger partial charge in [0, 0.05) is 23.2 Å². The summed E-state index contributed by atoms with van der Waals surface area (Å²) in [6, 6.07) is 9.78. The van der Waals surface area contributed by atoms with Gasteiger partial charge in [-0.2, -0.15) is 0 Å². The van der Waals surface area contributed by atoms with Gasteiger partial charge in [-0.05, 0) is 29.3 Å². The number of nitrogens with zero attached hydrogens (tertiary/aromatic N) is 1. The highest BCUT2D eigenvalue weighted by atomic mass is 16.9. The van der Waals surface area contributed by atoms with E-state index in [1.54, 1.807) is 13.3 Å². The highest BCUT2D eigenvalue weighted by Crippen LogP contribution is 2.45. The van der Waals surface area contributed by atoms with Gasteiger partial charge in [0.1, 0.15) is 5.75 Å². The van der Waals surface area contributed by atoms with E-state index in [0.29, 0.717) is 23.0 Å². The van der Waals surface area contributed by atoms with Gasteiger partial charge in [0.25, 0.3) is 0 Å². The predicted octanol–water partition coefficient (Wildman–Crippen LogP) is 3.14. The van der Waals surface area contributed by atoms with Gasteiger partial charge in [0.05, 0.1) is 19.9 Å². The topological polar surface area (TPSA) is 75.0 Å². The fourth-order valence-corrected chi connectivity index (χ4v) is 3.13. The van der Waals surface area contributed by atoms with Crippen LogP contribution in [0.1, 0.15) is 5.56 Å². The third-order valence-electron chi connectivity index (χ3n) is 4.38. The third kappa shape index (κ3) is 2.20. The molecule has 2 aliphatic heterocycles. The molecule has 5 rings (SSSR count). The third-order valence-corrected chi connectivity index (χ3v) is 4.38. The lowest BCUT2D eigenvalue weighted by atomic mass is 10.00.